The standard InChI is InChI=1S/C14H23P/c1-10(2)15(11(3)4)14-8-7-12(5)9-13(14)6/h7-11H,1-6H3. The smallest absolute Gasteiger partial charge is 0.0206 e. The van der Waals surface area contributed by atoms with Crippen molar-refractivity contribution in [3.8, 4) is 0 Å². The van der Waals surface area contributed by atoms with Gasteiger partial charge >= 0.3 is 0 Å². The Labute approximate surface area is 95.9 Å². The van der Waals surface area contributed by atoms with E-state index in [1.807, 2.05) is 0 Å². The first-order chi connectivity index (χ1) is 6.93. The minimum atomic E-state index is -0.00699. The summed E-state index contributed by atoms with van der Waals surface area (Å²) in [5.41, 5.74) is 4.41. The van der Waals surface area contributed by atoms with Gasteiger partial charge in [0.1, 0.15) is 0 Å². The lowest BCUT2D eigenvalue weighted by atomic mass is 10.2. The van der Waals surface area contributed by atoms with E-state index in [9.17, 15) is 0 Å². The Bertz CT molecular complexity index is 318. The van der Waals surface area contributed by atoms with Gasteiger partial charge in [-0.05, 0) is 36.0 Å². The van der Waals surface area contributed by atoms with Crippen LogP contribution >= 0.6 is 7.92 Å². The summed E-state index contributed by atoms with van der Waals surface area (Å²) >= 11 is 0. The number of aryl methyl sites for hydroxylation is 2. The minimum absolute atomic E-state index is 0.00699. The van der Waals surface area contributed by atoms with Gasteiger partial charge in [-0.25, -0.2) is 0 Å². The fraction of sp³-hybridized carbons (Fsp3) is 0.571. The van der Waals surface area contributed by atoms with Crippen molar-refractivity contribution < 1.29 is 0 Å². The van der Waals surface area contributed by atoms with E-state index in [1.165, 1.54) is 11.1 Å². The maximum absolute atomic E-state index is 2.35. The molecule has 0 saturated carbocycles. The fourth-order valence-electron chi connectivity index (χ4n) is 2.25. The Morgan fingerprint density at radius 3 is 1.87 bits per heavy atom. The molecule has 0 saturated heterocycles. The Hall–Kier alpha value is -0.350. The first-order valence-electron chi connectivity index (χ1n) is 5.79. The van der Waals surface area contributed by atoms with Crippen molar-refractivity contribution >= 4 is 13.2 Å². The Morgan fingerprint density at radius 1 is 0.933 bits per heavy atom. The molecular formula is C14H23P. The van der Waals surface area contributed by atoms with E-state index in [0.717, 1.165) is 11.3 Å². The fourth-order valence-corrected chi connectivity index (χ4v) is 5.27. The average Bonchev–Trinajstić information content (AvgIpc) is 2.08. The van der Waals surface area contributed by atoms with Crippen LogP contribution in [0.3, 0.4) is 0 Å². The van der Waals surface area contributed by atoms with Crippen LogP contribution in [0, 0.1) is 13.8 Å². The van der Waals surface area contributed by atoms with Gasteiger partial charge < -0.3 is 0 Å². The van der Waals surface area contributed by atoms with E-state index < -0.39 is 0 Å². The first-order valence-corrected chi connectivity index (χ1v) is 7.27. The van der Waals surface area contributed by atoms with Crippen molar-refractivity contribution in [2.75, 3.05) is 0 Å². The summed E-state index contributed by atoms with van der Waals surface area (Å²) in [5.74, 6) is 0. The third-order valence-corrected chi connectivity index (χ3v) is 6.03. The third-order valence-electron chi connectivity index (χ3n) is 2.74. The molecule has 0 N–H and O–H groups in total. The molecule has 0 atom stereocenters. The van der Waals surface area contributed by atoms with E-state index >= 15 is 0 Å². The largest absolute Gasteiger partial charge is 0.0698 e. The zero-order valence-corrected chi connectivity index (χ0v) is 11.7. The zero-order valence-electron chi connectivity index (χ0n) is 10.8. The predicted octanol–water partition coefficient (Wildman–Crippen LogP) is 4.23. The summed E-state index contributed by atoms with van der Waals surface area (Å²) in [6.07, 6.45) is 0. The Morgan fingerprint density at radius 2 is 1.47 bits per heavy atom. The lowest BCUT2D eigenvalue weighted by molar-refractivity contribution is 1.02. The first kappa shape index (κ1) is 12.7. The third kappa shape index (κ3) is 3.05. The topological polar surface area (TPSA) is 0 Å². The summed E-state index contributed by atoms with van der Waals surface area (Å²) in [7, 11) is -0.00699. The van der Waals surface area contributed by atoms with Crippen LogP contribution in [0.25, 0.3) is 0 Å². The SMILES string of the molecule is Cc1ccc(P(C(C)C)C(C)C)c(C)c1. The molecule has 1 heteroatoms. The molecule has 1 aromatic rings. The molecule has 0 fully saturated rings. The lowest BCUT2D eigenvalue weighted by Gasteiger charge is -2.27. The Balaban J connectivity index is 3.12. The van der Waals surface area contributed by atoms with Crippen LogP contribution in [0.4, 0.5) is 0 Å². The number of rotatable bonds is 3. The second-order valence-electron chi connectivity index (χ2n) is 4.88. The summed E-state index contributed by atoms with van der Waals surface area (Å²) in [6, 6.07) is 6.91. The maximum Gasteiger partial charge on any atom is -0.0206 e. The highest BCUT2D eigenvalue weighted by atomic mass is 31.1. The monoisotopic (exact) mass is 222 g/mol. The van der Waals surface area contributed by atoms with Crippen molar-refractivity contribution in [2.45, 2.75) is 52.9 Å². The number of hydrogen-bond acceptors (Lipinski definition) is 0. The molecule has 0 heterocycles. The summed E-state index contributed by atoms with van der Waals surface area (Å²) < 4.78 is 0. The van der Waals surface area contributed by atoms with Crippen LogP contribution in [0.1, 0.15) is 38.8 Å². The van der Waals surface area contributed by atoms with Crippen LogP contribution in [0.5, 0.6) is 0 Å². The maximum atomic E-state index is 2.35. The van der Waals surface area contributed by atoms with Crippen molar-refractivity contribution in [3.63, 3.8) is 0 Å². The van der Waals surface area contributed by atoms with E-state index in [2.05, 4.69) is 59.7 Å². The lowest BCUT2D eigenvalue weighted by Crippen LogP contribution is -2.17. The normalized spacial score (nSPS) is 11.8. The van der Waals surface area contributed by atoms with Crippen molar-refractivity contribution in [1.82, 2.24) is 0 Å². The highest BCUT2D eigenvalue weighted by Gasteiger charge is 2.20. The molecular weight excluding hydrogens is 199 g/mol. The molecule has 0 bridgehead atoms. The second-order valence-corrected chi connectivity index (χ2v) is 8.25. The number of benzene rings is 1. The summed E-state index contributed by atoms with van der Waals surface area (Å²) in [6.45, 7) is 13.8. The molecule has 0 aliphatic rings. The predicted molar refractivity (Wildman–Crippen MR) is 72.7 cm³/mol. The van der Waals surface area contributed by atoms with Crippen LogP contribution in [0.2, 0.25) is 0 Å². The molecule has 0 radical (unpaired) electrons. The molecule has 84 valence electrons. The van der Waals surface area contributed by atoms with Crippen LogP contribution in [-0.4, -0.2) is 11.3 Å². The number of hydrogen-bond donors (Lipinski definition) is 0. The molecule has 0 aliphatic carbocycles. The van der Waals surface area contributed by atoms with Gasteiger partial charge in [0, 0.05) is 0 Å². The summed E-state index contributed by atoms with van der Waals surface area (Å²) in [5, 5.41) is 1.60. The molecule has 0 nitrogen and oxygen atoms in total. The molecule has 0 amide bonds. The molecule has 1 rings (SSSR count). The van der Waals surface area contributed by atoms with Crippen LogP contribution in [-0.2, 0) is 0 Å². The second kappa shape index (κ2) is 5.12. The van der Waals surface area contributed by atoms with E-state index in [4.69, 9.17) is 0 Å². The van der Waals surface area contributed by atoms with E-state index in [1.54, 1.807) is 5.30 Å². The van der Waals surface area contributed by atoms with Gasteiger partial charge in [-0.1, -0.05) is 59.4 Å². The van der Waals surface area contributed by atoms with Crippen molar-refractivity contribution in [2.24, 2.45) is 0 Å². The molecule has 0 spiro atoms. The van der Waals surface area contributed by atoms with Crippen LogP contribution < -0.4 is 5.30 Å². The average molecular weight is 222 g/mol. The molecule has 0 unspecified atom stereocenters. The highest BCUT2D eigenvalue weighted by Crippen LogP contribution is 2.45. The molecule has 1 aromatic carbocycles. The quantitative estimate of drug-likeness (QED) is 0.671. The molecule has 15 heavy (non-hydrogen) atoms. The van der Waals surface area contributed by atoms with Gasteiger partial charge in [-0.15, -0.1) is 0 Å². The van der Waals surface area contributed by atoms with Crippen LogP contribution in [0.15, 0.2) is 18.2 Å². The summed E-state index contributed by atoms with van der Waals surface area (Å²) in [4.78, 5) is 0. The highest BCUT2D eigenvalue weighted by molar-refractivity contribution is 7.67. The molecule has 0 aromatic heterocycles. The van der Waals surface area contributed by atoms with E-state index in [-0.39, 0.29) is 7.92 Å². The van der Waals surface area contributed by atoms with Gasteiger partial charge in [0.15, 0.2) is 0 Å². The molecule has 0 aliphatic heterocycles. The zero-order chi connectivity index (χ0) is 11.6. The van der Waals surface area contributed by atoms with Gasteiger partial charge in [0.25, 0.3) is 0 Å². The van der Waals surface area contributed by atoms with Gasteiger partial charge in [-0.3, -0.25) is 0 Å². The van der Waals surface area contributed by atoms with Crippen molar-refractivity contribution in [1.29, 1.82) is 0 Å². The van der Waals surface area contributed by atoms with Gasteiger partial charge in [0.2, 0.25) is 0 Å². The van der Waals surface area contributed by atoms with E-state index in [0.29, 0.717) is 0 Å². The van der Waals surface area contributed by atoms with Crippen molar-refractivity contribution in [3.05, 3.63) is 29.3 Å². The Kier molecular flexibility index (Phi) is 4.34. The van der Waals surface area contributed by atoms with Gasteiger partial charge in [-0.2, -0.15) is 0 Å². The van der Waals surface area contributed by atoms with Gasteiger partial charge in [0.05, 0.1) is 0 Å². The minimum Gasteiger partial charge on any atom is -0.0698 e.